The van der Waals surface area contributed by atoms with E-state index in [0.717, 1.165) is 83.5 Å². The maximum Gasteiger partial charge on any atom is 0.306 e. The lowest BCUT2D eigenvalue weighted by molar-refractivity contribution is -0.167. The summed E-state index contributed by atoms with van der Waals surface area (Å²) in [7, 11) is 1.71. The molecule has 0 aliphatic carbocycles. The van der Waals surface area contributed by atoms with E-state index in [1.54, 1.807) is 7.11 Å². The molecule has 8 heteroatoms. The standard InChI is InChI=1S/C55H106O8/c1-6-9-12-15-17-19-21-23-25-27-29-34-39-44-52(57)61-47-50(63-54(59)46-41-35-30-28-26-24-22-20-18-16-13-10-7-2)48-62-53(58)45-40-36-31-33-38-43-51(56)55(60-5)49(4)42-37-32-14-11-8-3/h49-51,55-56H,6-48H2,1-5H3. The fourth-order valence-electron chi connectivity index (χ4n) is 8.77. The normalized spacial score (nSPS) is 13.4. The van der Waals surface area contributed by atoms with E-state index in [9.17, 15) is 19.5 Å². The van der Waals surface area contributed by atoms with Gasteiger partial charge < -0.3 is 24.1 Å². The Morgan fingerprint density at radius 1 is 0.397 bits per heavy atom. The Bertz CT molecular complexity index is 988. The van der Waals surface area contributed by atoms with Crippen molar-refractivity contribution in [3.63, 3.8) is 0 Å². The molecule has 4 unspecified atom stereocenters. The van der Waals surface area contributed by atoms with Crippen LogP contribution < -0.4 is 0 Å². The zero-order valence-corrected chi connectivity index (χ0v) is 42.5. The zero-order valence-electron chi connectivity index (χ0n) is 42.5. The molecule has 0 aromatic rings. The van der Waals surface area contributed by atoms with Crippen LogP contribution in [0.4, 0.5) is 0 Å². The molecule has 63 heavy (non-hydrogen) atoms. The summed E-state index contributed by atoms with van der Waals surface area (Å²) in [6, 6.07) is 0. The van der Waals surface area contributed by atoms with Crippen LogP contribution >= 0.6 is 0 Å². The number of carbonyl (C=O) groups excluding carboxylic acids is 3. The minimum Gasteiger partial charge on any atom is -0.462 e. The van der Waals surface area contributed by atoms with E-state index >= 15 is 0 Å². The molecule has 0 aliphatic rings. The summed E-state index contributed by atoms with van der Waals surface area (Å²) in [6.07, 6.45) is 44.5. The molecule has 8 nitrogen and oxygen atoms in total. The van der Waals surface area contributed by atoms with Gasteiger partial charge in [0.2, 0.25) is 0 Å². The summed E-state index contributed by atoms with van der Waals surface area (Å²) in [5.74, 6) is -0.608. The highest BCUT2D eigenvalue weighted by Crippen LogP contribution is 2.23. The van der Waals surface area contributed by atoms with Crippen molar-refractivity contribution < 1.29 is 38.4 Å². The number of hydrogen-bond donors (Lipinski definition) is 1. The van der Waals surface area contributed by atoms with Crippen LogP contribution in [0, 0.1) is 5.92 Å². The van der Waals surface area contributed by atoms with Gasteiger partial charge in [-0.25, -0.2) is 0 Å². The lowest BCUT2D eigenvalue weighted by Crippen LogP contribution is -2.34. The molecule has 0 aromatic carbocycles. The van der Waals surface area contributed by atoms with Crippen molar-refractivity contribution in [1.29, 1.82) is 0 Å². The Hall–Kier alpha value is -1.67. The van der Waals surface area contributed by atoms with Crippen molar-refractivity contribution in [1.82, 2.24) is 0 Å². The second-order valence-electron chi connectivity index (χ2n) is 19.2. The number of rotatable bonds is 50. The molecule has 0 saturated heterocycles. The second-order valence-corrected chi connectivity index (χ2v) is 19.2. The van der Waals surface area contributed by atoms with E-state index in [-0.39, 0.29) is 37.2 Å². The summed E-state index contributed by atoms with van der Waals surface area (Å²) in [4.78, 5) is 38.1. The Balaban J connectivity index is 4.51. The molecule has 0 saturated carbocycles. The third-order valence-electron chi connectivity index (χ3n) is 13.0. The number of hydrogen-bond acceptors (Lipinski definition) is 8. The molecule has 0 amide bonds. The predicted octanol–water partition coefficient (Wildman–Crippen LogP) is 16.1. The summed E-state index contributed by atoms with van der Waals surface area (Å²) in [5, 5.41) is 10.8. The van der Waals surface area contributed by atoms with Crippen molar-refractivity contribution in [2.24, 2.45) is 5.92 Å². The van der Waals surface area contributed by atoms with Gasteiger partial charge in [-0.2, -0.15) is 0 Å². The molecular formula is C55H106O8. The van der Waals surface area contributed by atoms with Crippen molar-refractivity contribution in [2.45, 2.75) is 309 Å². The number of ether oxygens (including phenoxy) is 4. The van der Waals surface area contributed by atoms with E-state index in [2.05, 4.69) is 27.7 Å². The van der Waals surface area contributed by atoms with Crippen molar-refractivity contribution in [2.75, 3.05) is 20.3 Å². The molecule has 374 valence electrons. The van der Waals surface area contributed by atoms with Gasteiger partial charge in [-0.3, -0.25) is 14.4 Å². The molecule has 0 aliphatic heterocycles. The SMILES string of the molecule is CCCCCCCCCCCCCCCC(=O)OCC(COC(=O)CCCCCCCC(O)C(OC)C(C)CCCCCCC)OC(=O)CCCCCCCCCCCCCCC. The molecule has 1 N–H and O–H groups in total. The van der Waals surface area contributed by atoms with Crippen LogP contribution in [0.5, 0.6) is 0 Å². The molecule has 0 rings (SSSR count). The quantitative estimate of drug-likeness (QED) is 0.0365. The van der Waals surface area contributed by atoms with Crippen molar-refractivity contribution in [3.05, 3.63) is 0 Å². The van der Waals surface area contributed by atoms with E-state index < -0.39 is 12.2 Å². The highest BCUT2D eigenvalue weighted by atomic mass is 16.6. The zero-order chi connectivity index (χ0) is 46.3. The Morgan fingerprint density at radius 2 is 0.683 bits per heavy atom. The van der Waals surface area contributed by atoms with E-state index in [1.165, 1.54) is 161 Å². The number of aliphatic hydroxyl groups is 1. The second kappa shape index (κ2) is 48.3. The molecular weight excluding hydrogens is 789 g/mol. The van der Waals surface area contributed by atoms with Gasteiger partial charge in [0.15, 0.2) is 6.10 Å². The van der Waals surface area contributed by atoms with E-state index in [0.29, 0.717) is 25.2 Å². The third-order valence-corrected chi connectivity index (χ3v) is 13.0. The van der Waals surface area contributed by atoms with Crippen molar-refractivity contribution in [3.8, 4) is 0 Å². The average Bonchev–Trinajstić information content (AvgIpc) is 3.27. The first-order valence-electron chi connectivity index (χ1n) is 27.5. The van der Waals surface area contributed by atoms with E-state index in [1.807, 2.05) is 0 Å². The average molecular weight is 895 g/mol. The minimum absolute atomic E-state index is 0.0948. The Labute approximate surface area is 390 Å². The molecule has 0 radical (unpaired) electrons. The van der Waals surface area contributed by atoms with Gasteiger partial charge in [0.05, 0.1) is 12.2 Å². The van der Waals surface area contributed by atoms with Crippen LogP contribution in [0.2, 0.25) is 0 Å². The Kier molecular flexibility index (Phi) is 47.0. The van der Waals surface area contributed by atoms with Gasteiger partial charge in [0.25, 0.3) is 0 Å². The molecule has 4 atom stereocenters. The van der Waals surface area contributed by atoms with Gasteiger partial charge in [-0.15, -0.1) is 0 Å². The maximum absolute atomic E-state index is 12.8. The van der Waals surface area contributed by atoms with Crippen LogP contribution in [0.25, 0.3) is 0 Å². The number of unbranched alkanes of at least 4 members (excludes halogenated alkanes) is 32. The summed E-state index contributed by atoms with van der Waals surface area (Å²) < 4.78 is 22.5. The lowest BCUT2D eigenvalue weighted by Gasteiger charge is -2.27. The molecule has 0 fully saturated rings. The highest BCUT2D eigenvalue weighted by molar-refractivity contribution is 5.71. The van der Waals surface area contributed by atoms with Crippen LogP contribution in [-0.4, -0.2) is 61.6 Å². The van der Waals surface area contributed by atoms with Crippen LogP contribution in [-0.2, 0) is 33.3 Å². The van der Waals surface area contributed by atoms with Crippen LogP contribution in [0.3, 0.4) is 0 Å². The Morgan fingerprint density at radius 3 is 1.02 bits per heavy atom. The van der Waals surface area contributed by atoms with Gasteiger partial charge in [0, 0.05) is 26.4 Å². The number of aliphatic hydroxyl groups excluding tert-OH is 1. The lowest BCUT2D eigenvalue weighted by atomic mass is 9.91. The fourth-order valence-corrected chi connectivity index (χ4v) is 8.77. The van der Waals surface area contributed by atoms with Gasteiger partial charge in [-0.1, -0.05) is 240 Å². The number of carbonyl (C=O) groups is 3. The van der Waals surface area contributed by atoms with Crippen LogP contribution in [0.15, 0.2) is 0 Å². The topological polar surface area (TPSA) is 108 Å². The fraction of sp³-hybridized carbons (Fsp3) is 0.945. The van der Waals surface area contributed by atoms with Crippen molar-refractivity contribution >= 4 is 17.9 Å². The summed E-state index contributed by atoms with van der Waals surface area (Å²) in [6.45, 7) is 8.75. The minimum atomic E-state index is -0.801. The predicted molar refractivity (Wildman–Crippen MR) is 264 cm³/mol. The van der Waals surface area contributed by atoms with Gasteiger partial charge in [0.1, 0.15) is 13.2 Å². The molecule has 0 spiro atoms. The summed E-state index contributed by atoms with van der Waals surface area (Å²) in [5.41, 5.74) is 0. The molecule has 0 bridgehead atoms. The smallest absolute Gasteiger partial charge is 0.306 e. The highest BCUT2D eigenvalue weighted by Gasteiger charge is 2.24. The first-order valence-corrected chi connectivity index (χ1v) is 27.5. The number of esters is 3. The van der Waals surface area contributed by atoms with Crippen LogP contribution in [0.1, 0.15) is 291 Å². The molecule has 0 aromatic heterocycles. The first-order chi connectivity index (χ1) is 30.8. The summed E-state index contributed by atoms with van der Waals surface area (Å²) >= 11 is 0. The maximum atomic E-state index is 12.8. The van der Waals surface area contributed by atoms with Gasteiger partial charge >= 0.3 is 17.9 Å². The monoisotopic (exact) mass is 895 g/mol. The third kappa shape index (κ3) is 42.7. The number of methoxy groups -OCH3 is 1. The first kappa shape index (κ1) is 61.3. The van der Waals surface area contributed by atoms with Gasteiger partial charge in [-0.05, 0) is 38.0 Å². The molecule has 0 heterocycles. The largest absolute Gasteiger partial charge is 0.462 e. The van der Waals surface area contributed by atoms with E-state index in [4.69, 9.17) is 18.9 Å².